The molecule has 0 saturated carbocycles. The molecule has 27 heavy (non-hydrogen) atoms. The SMILES string of the molecule is CN1CCCC[C@H]1C(=O)N1CCC(CCOc2ccccc2)(C(=O)O)CC1. The molecule has 1 amide bonds. The van der Waals surface area contributed by atoms with Gasteiger partial charge in [0.2, 0.25) is 5.91 Å². The summed E-state index contributed by atoms with van der Waals surface area (Å²) in [4.78, 5) is 28.8. The number of carboxylic acids is 1. The van der Waals surface area contributed by atoms with Gasteiger partial charge in [0, 0.05) is 13.1 Å². The zero-order valence-electron chi connectivity index (χ0n) is 16.1. The Kier molecular flexibility index (Phi) is 6.37. The summed E-state index contributed by atoms with van der Waals surface area (Å²) in [6.07, 6.45) is 4.57. The number of nitrogens with zero attached hydrogens (tertiary/aromatic N) is 2. The second kappa shape index (κ2) is 8.74. The van der Waals surface area contributed by atoms with E-state index in [0.29, 0.717) is 39.0 Å². The number of benzene rings is 1. The van der Waals surface area contributed by atoms with Crippen molar-refractivity contribution in [3.63, 3.8) is 0 Å². The number of para-hydroxylation sites is 1. The first-order chi connectivity index (χ1) is 13.0. The van der Waals surface area contributed by atoms with Gasteiger partial charge in [-0.05, 0) is 57.8 Å². The lowest BCUT2D eigenvalue weighted by Crippen LogP contribution is -2.53. The third-order valence-electron chi connectivity index (χ3n) is 6.13. The first-order valence-corrected chi connectivity index (χ1v) is 9.92. The van der Waals surface area contributed by atoms with Gasteiger partial charge in [-0.15, -0.1) is 0 Å². The number of hydrogen-bond acceptors (Lipinski definition) is 4. The minimum Gasteiger partial charge on any atom is -0.494 e. The zero-order chi connectivity index (χ0) is 19.3. The van der Waals surface area contributed by atoms with E-state index in [-0.39, 0.29) is 11.9 Å². The number of likely N-dealkylation sites (tertiary alicyclic amines) is 2. The predicted octanol–water partition coefficient (Wildman–Crippen LogP) is 2.63. The number of carbonyl (C=O) groups is 2. The summed E-state index contributed by atoms with van der Waals surface area (Å²) in [5.74, 6) is 0.142. The molecule has 0 spiro atoms. The van der Waals surface area contributed by atoms with Crippen molar-refractivity contribution in [2.75, 3.05) is 33.3 Å². The molecule has 2 fully saturated rings. The lowest BCUT2D eigenvalue weighted by molar-refractivity contribution is -0.156. The van der Waals surface area contributed by atoms with Crippen LogP contribution in [0.2, 0.25) is 0 Å². The van der Waals surface area contributed by atoms with Crippen LogP contribution in [0.3, 0.4) is 0 Å². The second-order valence-corrected chi connectivity index (χ2v) is 7.81. The molecule has 2 aliphatic rings. The summed E-state index contributed by atoms with van der Waals surface area (Å²) in [5.41, 5.74) is -0.802. The number of rotatable bonds is 6. The van der Waals surface area contributed by atoms with E-state index in [0.717, 1.165) is 31.6 Å². The smallest absolute Gasteiger partial charge is 0.309 e. The molecule has 0 bridgehead atoms. The first-order valence-electron chi connectivity index (χ1n) is 9.92. The molecule has 1 aromatic carbocycles. The van der Waals surface area contributed by atoms with Gasteiger partial charge in [0.1, 0.15) is 5.75 Å². The molecule has 0 aliphatic carbocycles. The molecule has 0 aromatic heterocycles. The highest BCUT2D eigenvalue weighted by molar-refractivity contribution is 5.82. The van der Waals surface area contributed by atoms with E-state index >= 15 is 0 Å². The van der Waals surface area contributed by atoms with E-state index in [4.69, 9.17) is 4.74 Å². The van der Waals surface area contributed by atoms with Crippen LogP contribution < -0.4 is 4.74 Å². The van der Waals surface area contributed by atoms with Crippen molar-refractivity contribution in [3.8, 4) is 5.75 Å². The van der Waals surface area contributed by atoms with Gasteiger partial charge in [-0.1, -0.05) is 24.6 Å². The Morgan fingerprint density at radius 1 is 1.15 bits per heavy atom. The molecule has 0 radical (unpaired) electrons. The van der Waals surface area contributed by atoms with E-state index < -0.39 is 11.4 Å². The lowest BCUT2D eigenvalue weighted by Gasteiger charge is -2.42. The van der Waals surface area contributed by atoms with Gasteiger partial charge in [-0.3, -0.25) is 14.5 Å². The van der Waals surface area contributed by atoms with Crippen molar-refractivity contribution in [1.82, 2.24) is 9.80 Å². The zero-order valence-corrected chi connectivity index (χ0v) is 16.1. The quantitative estimate of drug-likeness (QED) is 0.829. The maximum Gasteiger partial charge on any atom is 0.309 e. The predicted molar refractivity (Wildman–Crippen MR) is 103 cm³/mol. The first kappa shape index (κ1) is 19.7. The second-order valence-electron chi connectivity index (χ2n) is 7.81. The Balaban J connectivity index is 1.54. The molecule has 2 saturated heterocycles. The van der Waals surface area contributed by atoms with Crippen LogP contribution >= 0.6 is 0 Å². The van der Waals surface area contributed by atoms with E-state index in [1.54, 1.807) is 0 Å². The van der Waals surface area contributed by atoms with Crippen molar-refractivity contribution >= 4 is 11.9 Å². The number of carboxylic acid groups (broad SMARTS) is 1. The van der Waals surface area contributed by atoms with Crippen molar-refractivity contribution in [2.24, 2.45) is 5.41 Å². The van der Waals surface area contributed by atoms with Crippen LogP contribution in [-0.2, 0) is 9.59 Å². The van der Waals surface area contributed by atoms with Crippen molar-refractivity contribution in [3.05, 3.63) is 30.3 Å². The fourth-order valence-corrected chi connectivity index (χ4v) is 4.20. The molecule has 1 N–H and O–H groups in total. The number of hydrogen-bond donors (Lipinski definition) is 1. The summed E-state index contributed by atoms with van der Waals surface area (Å²) in [5, 5.41) is 9.83. The summed E-state index contributed by atoms with van der Waals surface area (Å²) in [7, 11) is 2.01. The number of carbonyl (C=O) groups excluding carboxylic acids is 1. The number of amides is 1. The fourth-order valence-electron chi connectivity index (χ4n) is 4.20. The van der Waals surface area contributed by atoms with Crippen LogP contribution in [0.4, 0.5) is 0 Å². The maximum absolute atomic E-state index is 12.9. The summed E-state index contributed by atoms with van der Waals surface area (Å²) in [6, 6.07) is 9.41. The Hall–Kier alpha value is -2.08. The Bertz CT molecular complexity index is 641. The highest BCUT2D eigenvalue weighted by Crippen LogP contribution is 2.36. The van der Waals surface area contributed by atoms with Gasteiger partial charge in [-0.25, -0.2) is 0 Å². The molecule has 6 heteroatoms. The van der Waals surface area contributed by atoms with Gasteiger partial charge in [-0.2, -0.15) is 0 Å². The molecule has 0 unspecified atom stereocenters. The number of ether oxygens (including phenoxy) is 1. The maximum atomic E-state index is 12.9. The molecule has 148 valence electrons. The molecule has 3 rings (SSSR count). The normalized spacial score (nSPS) is 23.0. The van der Waals surface area contributed by atoms with E-state index in [9.17, 15) is 14.7 Å². The Labute approximate surface area is 161 Å². The molecule has 2 aliphatic heterocycles. The number of piperidine rings is 2. The van der Waals surface area contributed by atoms with E-state index in [1.807, 2.05) is 42.3 Å². The van der Waals surface area contributed by atoms with Crippen LogP contribution in [0.25, 0.3) is 0 Å². The van der Waals surface area contributed by atoms with Gasteiger partial charge >= 0.3 is 5.97 Å². The van der Waals surface area contributed by atoms with Crippen molar-refractivity contribution < 1.29 is 19.4 Å². The number of likely N-dealkylation sites (N-methyl/N-ethyl adjacent to an activating group) is 1. The summed E-state index contributed by atoms with van der Waals surface area (Å²) >= 11 is 0. The number of aliphatic carboxylic acids is 1. The Morgan fingerprint density at radius 2 is 1.85 bits per heavy atom. The summed E-state index contributed by atoms with van der Waals surface area (Å²) < 4.78 is 5.72. The molecular formula is C21H30N2O4. The van der Waals surface area contributed by atoms with Crippen LogP contribution in [0.1, 0.15) is 38.5 Å². The standard InChI is InChI=1S/C21H30N2O4/c1-22-13-6-5-9-18(22)19(24)23-14-10-21(11-15-23,20(25)26)12-16-27-17-7-3-2-4-8-17/h2-4,7-8,18H,5-6,9-16H2,1H3,(H,25,26)/t18-/m0/s1. The van der Waals surface area contributed by atoms with Crippen LogP contribution in [0.15, 0.2) is 30.3 Å². The van der Waals surface area contributed by atoms with Crippen LogP contribution in [0, 0.1) is 5.41 Å². The highest BCUT2D eigenvalue weighted by Gasteiger charge is 2.43. The van der Waals surface area contributed by atoms with Crippen LogP contribution in [0.5, 0.6) is 5.75 Å². The van der Waals surface area contributed by atoms with Crippen LogP contribution in [-0.4, -0.2) is 66.1 Å². The molecule has 1 atom stereocenters. The fraction of sp³-hybridized carbons (Fsp3) is 0.619. The van der Waals surface area contributed by atoms with Crippen molar-refractivity contribution in [2.45, 2.75) is 44.6 Å². The van der Waals surface area contributed by atoms with E-state index in [1.165, 1.54) is 0 Å². The molecule has 2 heterocycles. The minimum absolute atomic E-state index is 0.0440. The van der Waals surface area contributed by atoms with Gasteiger partial charge in [0.25, 0.3) is 0 Å². The van der Waals surface area contributed by atoms with Gasteiger partial charge in [0.15, 0.2) is 0 Å². The molecule has 1 aromatic rings. The van der Waals surface area contributed by atoms with Gasteiger partial charge in [0.05, 0.1) is 18.1 Å². The molecule has 6 nitrogen and oxygen atoms in total. The summed E-state index contributed by atoms with van der Waals surface area (Å²) in [6.45, 7) is 2.36. The largest absolute Gasteiger partial charge is 0.494 e. The molecular weight excluding hydrogens is 344 g/mol. The minimum atomic E-state index is -0.802. The van der Waals surface area contributed by atoms with Crippen molar-refractivity contribution in [1.29, 1.82) is 0 Å². The van der Waals surface area contributed by atoms with E-state index in [2.05, 4.69) is 4.90 Å². The van der Waals surface area contributed by atoms with Gasteiger partial charge < -0.3 is 14.7 Å². The third kappa shape index (κ3) is 4.61. The average molecular weight is 374 g/mol. The topological polar surface area (TPSA) is 70.1 Å². The third-order valence-corrected chi connectivity index (χ3v) is 6.13. The monoisotopic (exact) mass is 374 g/mol. The highest BCUT2D eigenvalue weighted by atomic mass is 16.5. The Morgan fingerprint density at radius 3 is 2.48 bits per heavy atom. The lowest BCUT2D eigenvalue weighted by atomic mass is 9.75. The average Bonchev–Trinajstić information content (AvgIpc) is 2.69.